The summed E-state index contributed by atoms with van der Waals surface area (Å²) in [7, 11) is 1.59. The van der Waals surface area contributed by atoms with Gasteiger partial charge in [0, 0.05) is 15.9 Å². The first-order valence-electron chi connectivity index (χ1n) is 9.30. The van der Waals surface area contributed by atoms with Crippen molar-refractivity contribution in [1.29, 1.82) is 0 Å². The van der Waals surface area contributed by atoms with E-state index in [-0.39, 0.29) is 5.82 Å². The van der Waals surface area contributed by atoms with Crippen LogP contribution in [0.3, 0.4) is 0 Å². The van der Waals surface area contributed by atoms with Crippen molar-refractivity contribution >= 4 is 38.3 Å². The molecule has 2 aromatic carbocycles. The quantitative estimate of drug-likeness (QED) is 0.393. The van der Waals surface area contributed by atoms with Gasteiger partial charge in [-0.05, 0) is 30.7 Å². The Balaban J connectivity index is 1.87. The van der Waals surface area contributed by atoms with E-state index in [0.717, 1.165) is 18.2 Å². The maximum absolute atomic E-state index is 14.2. The molecule has 7 heteroatoms. The summed E-state index contributed by atoms with van der Waals surface area (Å²) >= 11 is 3.26. The van der Waals surface area contributed by atoms with Gasteiger partial charge in [-0.15, -0.1) is 0 Å². The molecule has 3 aromatic rings. The molecule has 3 rings (SSSR count). The molecule has 0 radical (unpaired) electrons. The highest BCUT2D eigenvalue weighted by molar-refractivity contribution is 9.10. The van der Waals surface area contributed by atoms with Gasteiger partial charge >= 0.3 is 0 Å². The molecule has 0 aliphatic carbocycles. The Labute approximate surface area is 172 Å². The molecule has 0 aliphatic rings. The van der Waals surface area contributed by atoms with Crippen LogP contribution in [0.15, 0.2) is 41.1 Å². The molecule has 1 N–H and O–H groups in total. The number of nitrogens with zero attached hydrogens (tertiary/aromatic N) is 2. The van der Waals surface area contributed by atoms with Crippen molar-refractivity contribution in [3.63, 3.8) is 0 Å². The molecule has 1 heterocycles. The molecule has 0 unspecified atom stereocenters. The van der Waals surface area contributed by atoms with Crippen LogP contribution in [-0.2, 0) is 0 Å². The number of hydrogen-bond donors (Lipinski definition) is 1. The van der Waals surface area contributed by atoms with E-state index >= 15 is 0 Å². The predicted octanol–water partition coefficient (Wildman–Crippen LogP) is 6.24. The first kappa shape index (κ1) is 20.3. The maximum atomic E-state index is 14.2. The number of ether oxygens (including phenoxy) is 2. The van der Waals surface area contributed by atoms with E-state index in [1.165, 1.54) is 25.2 Å². The summed E-state index contributed by atoms with van der Waals surface area (Å²) in [6.45, 7) is 2.81. The fourth-order valence-electron chi connectivity index (χ4n) is 2.87. The lowest BCUT2D eigenvalue weighted by Crippen LogP contribution is -2.02. The summed E-state index contributed by atoms with van der Waals surface area (Å²) in [5, 5.41) is 3.76. The van der Waals surface area contributed by atoms with E-state index in [0.29, 0.717) is 39.6 Å². The number of halogens is 2. The van der Waals surface area contributed by atoms with E-state index in [9.17, 15) is 4.39 Å². The normalized spacial score (nSPS) is 10.9. The van der Waals surface area contributed by atoms with Gasteiger partial charge in [0.2, 0.25) is 0 Å². The van der Waals surface area contributed by atoms with Gasteiger partial charge in [0.1, 0.15) is 18.0 Å². The predicted molar refractivity (Wildman–Crippen MR) is 113 cm³/mol. The molecule has 0 saturated heterocycles. The third-order valence-electron chi connectivity index (χ3n) is 4.36. The van der Waals surface area contributed by atoms with E-state index < -0.39 is 0 Å². The average molecular weight is 448 g/mol. The van der Waals surface area contributed by atoms with Gasteiger partial charge in [0.25, 0.3) is 0 Å². The van der Waals surface area contributed by atoms with Crippen LogP contribution in [0.25, 0.3) is 10.9 Å². The van der Waals surface area contributed by atoms with Crippen molar-refractivity contribution in [2.75, 3.05) is 19.0 Å². The lowest BCUT2D eigenvalue weighted by atomic mass is 10.2. The molecule has 0 atom stereocenters. The van der Waals surface area contributed by atoms with Gasteiger partial charge < -0.3 is 14.8 Å². The van der Waals surface area contributed by atoms with Crippen molar-refractivity contribution in [2.45, 2.75) is 32.6 Å². The number of anilines is 2. The van der Waals surface area contributed by atoms with Gasteiger partial charge in [-0.1, -0.05) is 42.1 Å². The van der Waals surface area contributed by atoms with Gasteiger partial charge in [-0.2, -0.15) is 0 Å². The zero-order valence-corrected chi connectivity index (χ0v) is 17.6. The smallest absolute Gasteiger partial charge is 0.163 e. The second kappa shape index (κ2) is 9.68. The number of aromatic nitrogens is 2. The van der Waals surface area contributed by atoms with Crippen LogP contribution in [0, 0.1) is 5.82 Å². The van der Waals surface area contributed by atoms with Crippen LogP contribution in [0.1, 0.15) is 32.6 Å². The highest BCUT2D eigenvalue weighted by Gasteiger charge is 2.13. The van der Waals surface area contributed by atoms with E-state index in [4.69, 9.17) is 9.47 Å². The number of benzene rings is 2. The number of methoxy groups -OCH3 is 1. The number of unbranched alkanes of at least 4 members (excludes halogenated alkanes) is 3. The fraction of sp³-hybridized carbons (Fsp3) is 0.333. The molecule has 0 spiro atoms. The first-order chi connectivity index (χ1) is 13.6. The highest BCUT2D eigenvalue weighted by Crippen LogP contribution is 2.35. The molecule has 5 nitrogen and oxygen atoms in total. The van der Waals surface area contributed by atoms with Crippen LogP contribution in [-0.4, -0.2) is 23.7 Å². The number of nitrogens with one attached hydrogen (secondary N) is 1. The molecule has 0 bridgehead atoms. The lowest BCUT2D eigenvalue weighted by Gasteiger charge is -2.14. The second-order valence-electron chi connectivity index (χ2n) is 6.40. The van der Waals surface area contributed by atoms with Crippen molar-refractivity contribution in [3.8, 4) is 11.5 Å². The molecule has 28 heavy (non-hydrogen) atoms. The first-order valence-corrected chi connectivity index (χ1v) is 10.1. The van der Waals surface area contributed by atoms with Crippen molar-refractivity contribution in [2.24, 2.45) is 0 Å². The third kappa shape index (κ3) is 4.90. The van der Waals surface area contributed by atoms with Crippen LogP contribution >= 0.6 is 15.9 Å². The Morgan fingerprint density at radius 3 is 2.68 bits per heavy atom. The zero-order valence-electron chi connectivity index (χ0n) is 16.0. The monoisotopic (exact) mass is 447 g/mol. The standard InChI is InChI=1S/C21H23BrFN3O2/c1-3-4-5-6-9-28-20-12-18-15(11-19(20)27-2)21(25-13-24-18)26-17-8-7-14(22)10-16(17)23/h7-8,10-13H,3-6,9H2,1-2H3,(H,24,25,26). The minimum atomic E-state index is -0.375. The third-order valence-corrected chi connectivity index (χ3v) is 4.85. The summed E-state index contributed by atoms with van der Waals surface area (Å²) in [4.78, 5) is 8.60. The number of fused-ring (bicyclic) bond motifs is 1. The number of hydrogen-bond acceptors (Lipinski definition) is 5. The minimum Gasteiger partial charge on any atom is -0.493 e. The SMILES string of the molecule is CCCCCCOc1cc2ncnc(Nc3ccc(Br)cc3F)c2cc1OC. The summed E-state index contributed by atoms with van der Waals surface area (Å²) in [6, 6.07) is 8.46. The van der Waals surface area contributed by atoms with Crippen LogP contribution in [0.2, 0.25) is 0 Å². The summed E-state index contributed by atoms with van der Waals surface area (Å²) < 4.78 is 26.3. The van der Waals surface area contributed by atoms with E-state index in [1.807, 2.05) is 12.1 Å². The van der Waals surface area contributed by atoms with Crippen LogP contribution in [0.5, 0.6) is 11.5 Å². The molecule has 0 aliphatic heterocycles. The van der Waals surface area contributed by atoms with Gasteiger partial charge in [-0.25, -0.2) is 14.4 Å². The largest absolute Gasteiger partial charge is 0.493 e. The summed E-state index contributed by atoms with van der Waals surface area (Å²) in [6.07, 6.45) is 5.97. The molecule has 148 valence electrons. The number of rotatable bonds is 9. The molecular formula is C21H23BrFN3O2. The molecule has 0 saturated carbocycles. The second-order valence-corrected chi connectivity index (χ2v) is 7.32. The van der Waals surface area contributed by atoms with Crippen molar-refractivity contribution in [3.05, 3.63) is 46.9 Å². The Kier molecular flexibility index (Phi) is 7.03. The van der Waals surface area contributed by atoms with Crippen LogP contribution in [0.4, 0.5) is 15.9 Å². The highest BCUT2D eigenvalue weighted by atomic mass is 79.9. The van der Waals surface area contributed by atoms with Crippen molar-refractivity contribution in [1.82, 2.24) is 9.97 Å². The summed E-state index contributed by atoms with van der Waals surface area (Å²) in [5.74, 6) is 1.36. The van der Waals surface area contributed by atoms with E-state index in [1.54, 1.807) is 19.2 Å². The van der Waals surface area contributed by atoms with Gasteiger partial charge in [0.05, 0.1) is 24.9 Å². The topological polar surface area (TPSA) is 56.3 Å². The van der Waals surface area contributed by atoms with Gasteiger partial charge in [-0.3, -0.25) is 0 Å². The Morgan fingerprint density at radius 2 is 1.93 bits per heavy atom. The Bertz CT molecular complexity index is 952. The Morgan fingerprint density at radius 1 is 1.07 bits per heavy atom. The average Bonchev–Trinajstić information content (AvgIpc) is 2.69. The van der Waals surface area contributed by atoms with Crippen LogP contribution < -0.4 is 14.8 Å². The molecule has 0 amide bonds. The molecule has 1 aromatic heterocycles. The Hall–Kier alpha value is -2.41. The zero-order chi connectivity index (χ0) is 19.9. The molecule has 0 fully saturated rings. The fourth-order valence-corrected chi connectivity index (χ4v) is 3.20. The summed E-state index contributed by atoms with van der Waals surface area (Å²) in [5.41, 5.74) is 1.03. The minimum absolute atomic E-state index is 0.332. The van der Waals surface area contributed by atoms with Crippen molar-refractivity contribution < 1.29 is 13.9 Å². The lowest BCUT2D eigenvalue weighted by molar-refractivity contribution is 0.285. The van der Waals surface area contributed by atoms with E-state index in [2.05, 4.69) is 38.1 Å². The molecular weight excluding hydrogens is 425 g/mol. The van der Waals surface area contributed by atoms with Gasteiger partial charge in [0.15, 0.2) is 11.5 Å². The maximum Gasteiger partial charge on any atom is 0.163 e.